The summed E-state index contributed by atoms with van der Waals surface area (Å²) in [6.07, 6.45) is 0. The average Bonchev–Trinajstić information content (AvgIpc) is 2.72. The van der Waals surface area contributed by atoms with Crippen molar-refractivity contribution in [2.75, 3.05) is 64.3 Å². The van der Waals surface area contributed by atoms with E-state index in [0.29, 0.717) is 49.2 Å². The Morgan fingerprint density at radius 1 is 1.04 bits per heavy atom. The highest BCUT2D eigenvalue weighted by Crippen LogP contribution is 2.26. The standard InChI is InChI=1S/C20H27N5O3/c1-14-12-18(23(2)3)22-20(21-14)25-10-8-24(9-11-25)19(26)16-7-6-15(27-4)13-17(16)28-5/h6-7,12-13H,8-11H2,1-5H3. The highest BCUT2D eigenvalue weighted by atomic mass is 16.5. The van der Waals surface area contributed by atoms with Gasteiger partial charge < -0.3 is 24.2 Å². The second-order valence-electron chi connectivity index (χ2n) is 6.91. The summed E-state index contributed by atoms with van der Waals surface area (Å²) < 4.78 is 10.6. The van der Waals surface area contributed by atoms with E-state index in [4.69, 9.17) is 9.47 Å². The van der Waals surface area contributed by atoms with E-state index >= 15 is 0 Å². The molecule has 8 nitrogen and oxygen atoms in total. The fourth-order valence-corrected chi connectivity index (χ4v) is 3.16. The van der Waals surface area contributed by atoms with E-state index in [9.17, 15) is 4.79 Å². The third kappa shape index (κ3) is 4.11. The number of methoxy groups -OCH3 is 2. The Kier molecular flexibility index (Phi) is 5.87. The number of anilines is 2. The fourth-order valence-electron chi connectivity index (χ4n) is 3.16. The fraction of sp³-hybridized carbons (Fsp3) is 0.450. The lowest BCUT2D eigenvalue weighted by atomic mass is 10.1. The molecule has 150 valence electrons. The summed E-state index contributed by atoms with van der Waals surface area (Å²) in [5, 5.41) is 0. The topological polar surface area (TPSA) is 71.0 Å². The van der Waals surface area contributed by atoms with Crippen LogP contribution in [0.4, 0.5) is 11.8 Å². The van der Waals surface area contributed by atoms with E-state index in [2.05, 4.69) is 14.9 Å². The Morgan fingerprint density at radius 2 is 1.75 bits per heavy atom. The Labute approximate surface area is 165 Å². The zero-order valence-electron chi connectivity index (χ0n) is 17.1. The number of amides is 1. The van der Waals surface area contributed by atoms with Crippen LogP contribution < -0.4 is 19.3 Å². The van der Waals surface area contributed by atoms with E-state index < -0.39 is 0 Å². The second-order valence-corrected chi connectivity index (χ2v) is 6.91. The molecule has 28 heavy (non-hydrogen) atoms. The number of ether oxygens (including phenoxy) is 2. The Hall–Kier alpha value is -3.03. The van der Waals surface area contributed by atoms with Gasteiger partial charge in [-0.05, 0) is 19.1 Å². The number of carbonyl (C=O) groups is 1. The number of hydrogen-bond donors (Lipinski definition) is 0. The van der Waals surface area contributed by atoms with Crippen molar-refractivity contribution < 1.29 is 14.3 Å². The normalized spacial score (nSPS) is 14.0. The van der Waals surface area contributed by atoms with Crippen LogP contribution in [0, 0.1) is 6.92 Å². The summed E-state index contributed by atoms with van der Waals surface area (Å²) >= 11 is 0. The molecule has 1 aliphatic heterocycles. The Balaban J connectivity index is 1.71. The summed E-state index contributed by atoms with van der Waals surface area (Å²) in [6.45, 7) is 4.53. The lowest BCUT2D eigenvalue weighted by Gasteiger charge is -2.35. The summed E-state index contributed by atoms with van der Waals surface area (Å²) in [5.41, 5.74) is 1.47. The van der Waals surface area contributed by atoms with E-state index in [1.54, 1.807) is 32.4 Å². The number of hydrogen-bond acceptors (Lipinski definition) is 7. The van der Waals surface area contributed by atoms with Gasteiger partial charge in [0.15, 0.2) is 0 Å². The molecule has 2 aromatic rings. The van der Waals surface area contributed by atoms with Crippen LogP contribution in [0.1, 0.15) is 16.1 Å². The first kappa shape index (κ1) is 19.7. The quantitative estimate of drug-likeness (QED) is 0.778. The van der Waals surface area contributed by atoms with Gasteiger partial charge >= 0.3 is 0 Å². The van der Waals surface area contributed by atoms with E-state index in [0.717, 1.165) is 11.5 Å². The average molecular weight is 385 g/mol. The van der Waals surface area contributed by atoms with Gasteiger partial charge in [0.05, 0.1) is 19.8 Å². The van der Waals surface area contributed by atoms with Gasteiger partial charge in [0.25, 0.3) is 5.91 Å². The maximum atomic E-state index is 13.0. The maximum Gasteiger partial charge on any atom is 0.257 e. The minimum absolute atomic E-state index is 0.0432. The molecule has 2 heterocycles. The van der Waals surface area contributed by atoms with E-state index in [1.165, 1.54) is 0 Å². The van der Waals surface area contributed by atoms with Crippen molar-refractivity contribution in [1.82, 2.24) is 14.9 Å². The molecule has 0 aliphatic carbocycles. The molecule has 0 saturated carbocycles. The number of rotatable bonds is 5. The molecule has 1 aromatic heterocycles. The molecule has 0 unspecified atom stereocenters. The number of benzene rings is 1. The van der Waals surface area contributed by atoms with Gasteiger partial charge in [0.1, 0.15) is 17.3 Å². The summed E-state index contributed by atoms with van der Waals surface area (Å²) in [7, 11) is 7.07. The van der Waals surface area contributed by atoms with Crippen molar-refractivity contribution in [3.8, 4) is 11.5 Å². The first-order valence-electron chi connectivity index (χ1n) is 9.22. The van der Waals surface area contributed by atoms with Crippen molar-refractivity contribution in [2.45, 2.75) is 6.92 Å². The van der Waals surface area contributed by atoms with Gasteiger partial charge in [0, 0.05) is 58.1 Å². The van der Waals surface area contributed by atoms with Gasteiger partial charge in [-0.15, -0.1) is 0 Å². The monoisotopic (exact) mass is 385 g/mol. The van der Waals surface area contributed by atoms with Crippen LogP contribution in [0.2, 0.25) is 0 Å². The first-order chi connectivity index (χ1) is 13.4. The van der Waals surface area contributed by atoms with Crippen LogP contribution in [-0.4, -0.2) is 75.3 Å². The van der Waals surface area contributed by atoms with Crippen molar-refractivity contribution in [3.05, 3.63) is 35.5 Å². The molecule has 1 aliphatic rings. The Morgan fingerprint density at radius 3 is 2.36 bits per heavy atom. The molecule has 8 heteroatoms. The molecule has 3 rings (SSSR count). The first-order valence-corrected chi connectivity index (χ1v) is 9.22. The second kappa shape index (κ2) is 8.33. The highest BCUT2D eigenvalue weighted by molar-refractivity contribution is 5.97. The van der Waals surface area contributed by atoms with Crippen molar-refractivity contribution in [3.63, 3.8) is 0 Å². The molecule has 0 N–H and O–H groups in total. The minimum atomic E-state index is -0.0432. The van der Waals surface area contributed by atoms with Crippen LogP contribution >= 0.6 is 0 Å². The molecule has 1 aromatic carbocycles. The van der Waals surface area contributed by atoms with Crippen LogP contribution in [-0.2, 0) is 0 Å². The highest BCUT2D eigenvalue weighted by Gasteiger charge is 2.26. The lowest BCUT2D eigenvalue weighted by molar-refractivity contribution is 0.0742. The van der Waals surface area contributed by atoms with Crippen molar-refractivity contribution in [2.24, 2.45) is 0 Å². The van der Waals surface area contributed by atoms with Crippen LogP contribution in [0.3, 0.4) is 0 Å². The van der Waals surface area contributed by atoms with Gasteiger partial charge in [-0.1, -0.05) is 0 Å². The van der Waals surface area contributed by atoms with Gasteiger partial charge in [0.2, 0.25) is 5.95 Å². The molecule has 1 amide bonds. The SMILES string of the molecule is COc1ccc(C(=O)N2CCN(c3nc(C)cc(N(C)C)n3)CC2)c(OC)c1. The third-order valence-corrected chi connectivity index (χ3v) is 4.78. The number of aromatic nitrogens is 2. The number of piperazine rings is 1. The minimum Gasteiger partial charge on any atom is -0.497 e. The van der Waals surface area contributed by atoms with Gasteiger partial charge in [-0.25, -0.2) is 4.98 Å². The van der Waals surface area contributed by atoms with E-state index in [1.807, 2.05) is 36.9 Å². The van der Waals surface area contributed by atoms with Crippen molar-refractivity contribution >= 4 is 17.7 Å². The predicted octanol–water partition coefficient (Wildman–Crippen LogP) is 1.83. The smallest absolute Gasteiger partial charge is 0.257 e. The molecular weight excluding hydrogens is 358 g/mol. The lowest BCUT2D eigenvalue weighted by Crippen LogP contribution is -2.49. The van der Waals surface area contributed by atoms with E-state index in [-0.39, 0.29) is 5.91 Å². The summed E-state index contributed by atoms with van der Waals surface area (Å²) in [5.74, 6) is 2.72. The third-order valence-electron chi connectivity index (χ3n) is 4.78. The zero-order valence-corrected chi connectivity index (χ0v) is 17.1. The molecule has 1 fully saturated rings. The predicted molar refractivity (Wildman–Crippen MR) is 109 cm³/mol. The molecular formula is C20H27N5O3. The molecule has 0 atom stereocenters. The molecule has 0 spiro atoms. The van der Waals surface area contributed by atoms with Gasteiger partial charge in [-0.3, -0.25) is 4.79 Å². The molecule has 0 radical (unpaired) electrons. The zero-order chi connectivity index (χ0) is 20.3. The summed E-state index contributed by atoms with van der Waals surface area (Å²) in [4.78, 5) is 28.1. The molecule has 1 saturated heterocycles. The van der Waals surface area contributed by atoms with Crippen LogP contribution in [0.15, 0.2) is 24.3 Å². The number of nitrogens with zero attached hydrogens (tertiary/aromatic N) is 5. The number of aryl methyl sites for hydroxylation is 1. The van der Waals surface area contributed by atoms with Crippen LogP contribution in [0.25, 0.3) is 0 Å². The Bertz CT molecular complexity index is 848. The van der Waals surface area contributed by atoms with Crippen molar-refractivity contribution in [1.29, 1.82) is 0 Å². The number of carbonyl (C=O) groups excluding carboxylic acids is 1. The summed E-state index contributed by atoms with van der Waals surface area (Å²) in [6, 6.07) is 7.21. The molecule has 0 bridgehead atoms. The van der Waals surface area contributed by atoms with Gasteiger partial charge in [-0.2, -0.15) is 4.98 Å². The maximum absolute atomic E-state index is 13.0. The van der Waals surface area contributed by atoms with Crippen LogP contribution in [0.5, 0.6) is 11.5 Å². The largest absolute Gasteiger partial charge is 0.497 e.